The van der Waals surface area contributed by atoms with E-state index in [1.54, 1.807) is 0 Å². The van der Waals surface area contributed by atoms with Crippen LogP contribution in [0.1, 0.15) is 92.3 Å². The first-order valence-corrected chi connectivity index (χ1v) is 17.1. The van der Waals surface area contributed by atoms with E-state index in [1.807, 2.05) is 12.1 Å². The number of hydrogen-bond acceptors (Lipinski definition) is 4. The molecule has 0 heterocycles. The molecule has 4 heteroatoms. The van der Waals surface area contributed by atoms with Gasteiger partial charge in [0.1, 0.15) is 23.0 Å². The van der Waals surface area contributed by atoms with Crippen molar-refractivity contribution in [2.45, 2.75) is 60.3 Å². The van der Waals surface area contributed by atoms with E-state index in [0.717, 1.165) is 82.1 Å². The quantitative estimate of drug-likeness (QED) is 0.103. The third-order valence-corrected chi connectivity index (χ3v) is 7.33. The molecule has 4 rings (SSSR count). The highest BCUT2D eigenvalue weighted by Gasteiger charge is 2.06. The lowest BCUT2D eigenvalue weighted by Crippen LogP contribution is -1.98. The van der Waals surface area contributed by atoms with E-state index in [9.17, 15) is 0 Å². The minimum atomic E-state index is 0.657. The summed E-state index contributed by atoms with van der Waals surface area (Å²) in [6.45, 7) is 13.3. The Hall–Kier alpha value is -4.70. The summed E-state index contributed by atoms with van der Waals surface area (Å²) in [6, 6.07) is 27.2. The highest BCUT2D eigenvalue weighted by molar-refractivity contribution is 5.79. The van der Waals surface area contributed by atoms with Gasteiger partial charge in [0.2, 0.25) is 0 Å². The second-order valence-electron chi connectivity index (χ2n) is 11.6. The molecule has 0 saturated heterocycles. The molecule has 4 nitrogen and oxygen atoms in total. The van der Waals surface area contributed by atoms with Crippen LogP contribution in [-0.4, -0.2) is 26.4 Å². The molecule has 4 aromatic carbocycles. The Morgan fingerprint density at radius 2 is 0.851 bits per heavy atom. The summed E-state index contributed by atoms with van der Waals surface area (Å²) in [4.78, 5) is 0. The molecule has 47 heavy (non-hydrogen) atoms. The highest BCUT2D eigenvalue weighted by atomic mass is 16.5. The first-order chi connectivity index (χ1) is 23.0. The summed E-state index contributed by atoms with van der Waals surface area (Å²) < 4.78 is 24.2. The zero-order valence-electron chi connectivity index (χ0n) is 28.8. The fourth-order valence-electron chi connectivity index (χ4n) is 4.86. The summed E-state index contributed by atoms with van der Waals surface area (Å²) in [5, 5.41) is 0. The Balaban J connectivity index is 1.55. The largest absolute Gasteiger partial charge is 0.494 e. The van der Waals surface area contributed by atoms with Crippen molar-refractivity contribution < 1.29 is 18.9 Å². The number of hydrogen-bond donors (Lipinski definition) is 0. The minimum absolute atomic E-state index is 0.657. The second-order valence-corrected chi connectivity index (χ2v) is 11.6. The van der Waals surface area contributed by atoms with Gasteiger partial charge in [-0.05, 0) is 85.2 Å². The normalized spacial score (nSPS) is 11.5. The van der Waals surface area contributed by atoms with Crippen molar-refractivity contribution in [1.29, 1.82) is 0 Å². The van der Waals surface area contributed by atoms with E-state index < -0.39 is 0 Å². The van der Waals surface area contributed by atoms with Gasteiger partial charge in [0.05, 0.1) is 26.4 Å². The highest BCUT2D eigenvalue weighted by Crippen LogP contribution is 2.29. The molecule has 246 valence electrons. The lowest BCUT2D eigenvalue weighted by atomic mass is 10.0. The van der Waals surface area contributed by atoms with Gasteiger partial charge in [-0.2, -0.15) is 0 Å². The molecular weight excluding hydrogens is 580 g/mol. The Bertz CT molecular complexity index is 1650. The first kappa shape index (κ1) is 35.2. The molecule has 0 unspecified atom stereocenters. The third-order valence-electron chi connectivity index (χ3n) is 7.33. The Morgan fingerprint density at radius 3 is 1.34 bits per heavy atom. The lowest BCUT2D eigenvalue weighted by Gasteiger charge is -2.11. The predicted molar refractivity (Wildman–Crippen MR) is 200 cm³/mol. The van der Waals surface area contributed by atoms with Crippen LogP contribution in [0.25, 0.3) is 36.5 Å². The SMILES string of the molecule is CCCOc1cccc(C=Cc2ccc(C=Cc3ccc(C=Cc4ccc(C)cc4OCCC)cc3OCCC)cc2OCCC)c1. The van der Waals surface area contributed by atoms with E-state index in [1.165, 1.54) is 5.56 Å². The summed E-state index contributed by atoms with van der Waals surface area (Å²) in [7, 11) is 0. The van der Waals surface area contributed by atoms with Gasteiger partial charge in [-0.25, -0.2) is 0 Å². The van der Waals surface area contributed by atoms with Gasteiger partial charge in [-0.1, -0.05) is 113 Å². The van der Waals surface area contributed by atoms with Gasteiger partial charge in [-0.15, -0.1) is 0 Å². The number of benzene rings is 4. The third kappa shape index (κ3) is 11.2. The molecule has 0 aliphatic carbocycles. The van der Waals surface area contributed by atoms with E-state index >= 15 is 0 Å². The molecular formula is C43H50O4. The maximum Gasteiger partial charge on any atom is 0.127 e. The van der Waals surface area contributed by atoms with Crippen molar-refractivity contribution in [1.82, 2.24) is 0 Å². The van der Waals surface area contributed by atoms with Crippen LogP contribution in [0.4, 0.5) is 0 Å². The van der Waals surface area contributed by atoms with Gasteiger partial charge < -0.3 is 18.9 Å². The van der Waals surface area contributed by atoms with Gasteiger partial charge in [0, 0.05) is 16.7 Å². The standard InChI is InChI=1S/C43H50O4/c1-6-25-44-40-12-10-11-34(30-40)14-20-38-22-16-36(32-42(38)46-27-8-3)18-24-39-23-17-35(31-43(39)47-28-9-4)15-21-37-19-13-33(5)29-41(37)45-26-7-2/h10-24,29-32H,6-9,25-28H2,1-5H3. The van der Waals surface area contributed by atoms with Crippen LogP contribution in [0.5, 0.6) is 23.0 Å². The maximum atomic E-state index is 6.21. The Labute approximate surface area is 282 Å². The zero-order valence-corrected chi connectivity index (χ0v) is 28.8. The maximum absolute atomic E-state index is 6.21. The van der Waals surface area contributed by atoms with E-state index in [-0.39, 0.29) is 0 Å². The van der Waals surface area contributed by atoms with Crippen LogP contribution < -0.4 is 18.9 Å². The molecule has 0 spiro atoms. The van der Waals surface area contributed by atoms with Gasteiger partial charge >= 0.3 is 0 Å². The van der Waals surface area contributed by atoms with Crippen LogP contribution >= 0.6 is 0 Å². The van der Waals surface area contributed by atoms with Crippen molar-refractivity contribution in [3.63, 3.8) is 0 Å². The summed E-state index contributed by atoms with van der Waals surface area (Å²) in [6.07, 6.45) is 16.5. The average Bonchev–Trinajstić information content (AvgIpc) is 3.10. The molecule has 0 radical (unpaired) electrons. The molecule has 0 aliphatic heterocycles. The summed E-state index contributed by atoms with van der Waals surface area (Å²) >= 11 is 0. The topological polar surface area (TPSA) is 36.9 Å². The molecule has 0 atom stereocenters. The second kappa shape index (κ2) is 19.1. The van der Waals surface area contributed by atoms with Gasteiger partial charge in [0.25, 0.3) is 0 Å². The predicted octanol–water partition coefficient (Wildman–Crippen LogP) is 11.7. The molecule has 4 aromatic rings. The van der Waals surface area contributed by atoms with E-state index in [4.69, 9.17) is 18.9 Å². The fourth-order valence-corrected chi connectivity index (χ4v) is 4.86. The Kier molecular flexibility index (Phi) is 14.3. The minimum Gasteiger partial charge on any atom is -0.494 e. The number of rotatable bonds is 18. The van der Waals surface area contributed by atoms with Crippen molar-refractivity contribution in [2.75, 3.05) is 26.4 Å². The van der Waals surface area contributed by atoms with Crippen LogP contribution in [0.15, 0.2) is 78.9 Å². The van der Waals surface area contributed by atoms with Crippen molar-refractivity contribution in [2.24, 2.45) is 0 Å². The van der Waals surface area contributed by atoms with Crippen LogP contribution in [-0.2, 0) is 0 Å². The molecule has 0 bridgehead atoms. The summed E-state index contributed by atoms with van der Waals surface area (Å²) in [5.74, 6) is 3.54. The number of aryl methyl sites for hydroxylation is 1. The monoisotopic (exact) mass is 630 g/mol. The van der Waals surface area contributed by atoms with Crippen LogP contribution in [0.3, 0.4) is 0 Å². The van der Waals surface area contributed by atoms with Crippen molar-refractivity contribution in [3.05, 3.63) is 118 Å². The van der Waals surface area contributed by atoms with Crippen molar-refractivity contribution >= 4 is 36.5 Å². The van der Waals surface area contributed by atoms with Gasteiger partial charge in [0.15, 0.2) is 0 Å². The van der Waals surface area contributed by atoms with Crippen LogP contribution in [0, 0.1) is 6.92 Å². The fraction of sp³-hybridized carbons (Fsp3) is 0.302. The summed E-state index contributed by atoms with van der Waals surface area (Å²) in [5.41, 5.74) is 7.55. The smallest absolute Gasteiger partial charge is 0.127 e. The molecule has 0 aromatic heterocycles. The van der Waals surface area contributed by atoms with E-state index in [0.29, 0.717) is 26.4 Å². The lowest BCUT2D eigenvalue weighted by molar-refractivity contribution is 0.316. The van der Waals surface area contributed by atoms with E-state index in [2.05, 4.69) is 138 Å². The Morgan fingerprint density at radius 1 is 0.426 bits per heavy atom. The van der Waals surface area contributed by atoms with Gasteiger partial charge in [-0.3, -0.25) is 0 Å². The van der Waals surface area contributed by atoms with Crippen LogP contribution in [0.2, 0.25) is 0 Å². The molecule has 0 amide bonds. The molecule has 0 saturated carbocycles. The number of ether oxygens (including phenoxy) is 4. The first-order valence-electron chi connectivity index (χ1n) is 17.1. The average molecular weight is 631 g/mol. The zero-order chi connectivity index (χ0) is 33.3. The molecule has 0 fully saturated rings. The molecule has 0 aliphatic rings. The molecule has 0 N–H and O–H groups in total. The van der Waals surface area contributed by atoms with Crippen molar-refractivity contribution in [3.8, 4) is 23.0 Å².